The third-order valence-corrected chi connectivity index (χ3v) is 8.27. The number of benzene rings is 2. The summed E-state index contributed by atoms with van der Waals surface area (Å²) < 4.78 is 22.5. The first-order valence-corrected chi connectivity index (χ1v) is 13.5. The molecule has 33 heavy (non-hydrogen) atoms. The number of nitrogens with zero attached hydrogens (tertiary/aromatic N) is 3. The van der Waals surface area contributed by atoms with Crippen molar-refractivity contribution in [1.82, 2.24) is 0 Å². The van der Waals surface area contributed by atoms with E-state index in [0.29, 0.717) is 17.1 Å². The molecule has 0 spiro atoms. The maximum atomic E-state index is 11.2. The van der Waals surface area contributed by atoms with E-state index in [-0.39, 0.29) is 18.0 Å². The van der Waals surface area contributed by atoms with Crippen molar-refractivity contribution < 1.29 is 13.3 Å². The van der Waals surface area contributed by atoms with Crippen LogP contribution in [0.15, 0.2) is 36.4 Å². The van der Waals surface area contributed by atoms with E-state index in [1.165, 1.54) is 11.8 Å². The Labute approximate surface area is 201 Å². The highest BCUT2D eigenvalue weighted by atomic mass is 32.2. The fraction of sp³-hybridized carbons (Fsp3) is 0.478. The molecule has 2 aromatic carbocycles. The van der Waals surface area contributed by atoms with Crippen molar-refractivity contribution in [2.75, 3.05) is 64.7 Å². The van der Waals surface area contributed by atoms with Gasteiger partial charge in [0.1, 0.15) is 0 Å². The SMILES string of the molecule is C.Cc1cc(N2CCS(=O)CC2)ccc1N.Cc1cc(N2CCS(=O)CC2)ccc1[N+](=O)[O-]. The predicted molar refractivity (Wildman–Crippen MR) is 140 cm³/mol. The van der Waals surface area contributed by atoms with Crippen LogP contribution < -0.4 is 15.5 Å². The average molecular weight is 495 g/mol. The normalized spacial score (nSPS) is 17.0. The molecule has 0 aromatic heterocycles. The standard InChI is InChI=1S/C11H14N2O3S.C11H16N2OS.CH4/c1-9-8-10(2-3-11(9)13(14)15)12-4-6-17(16)7-5-12;1-9-8-10(2-3-11(9)12)13-4-6-15(14)7-5-13;/h2-3,8H,4-7H2,1H3;2-3,8H,4-7,12H2,1H3;1H4. The van der Waals surface area contributed by atoms with E-state index in [4.69, 9.17) is 5.73 Å². The molecule has 0 radical (unpaired) electrons. The van der Waals surface area contributed by atoms with Gasteiger partial charge in [0.25, 0.3) is 5.69 Å². The molecule has 8 nitrogen and oxygen atoms in total. The zero-order valence-electron chi connectivity index (χ0n) is 18.5. The molecule has 2 N–H and O–H groups in total. The topological polar surface area (TPSA) is 110 Å². The molecule has 2 saturated heterocycles. The fourth-order valence-electron chi connectivity index (χ4n) is 3.69. The number of hydrogen-bond acceptors (Lipinski definition) is 7. The van der Waals surface area contributed by atoms with E-state index in [0.717, 1.165) is 54.6 Å². The summed E-state index contributed by atoms with van der Waals surface area (Å²) in [7, 11) is -1.31. The van der Waals surface area contributed by atoms with E-state index in [1.54, 1.807) is 13.0 Å². The van der Waals surface area contributed by atoms with Crippen LogP contribution in [0.5, 0.6) is 0 Å². The number of hydrogen-bond donors (Lipinski definition) is 1. The Morgan fingerprint density at radius 1 is 0.818 bits per heavy atom. The molecular formula is C23H34N4O4S2. The molecule has 0 unspecified atom stereocenters. The van der Waals surface area contributed by atoms with Crippen LogP contribution in [-0.2, 0) is 21.6 Å². The van der Waals surface area contributed by atoms with Gasteiger partial charge < -0.3 is 15.5 Å². The van der Waals surface area contributed by atoms with Gasteiger partial charge in [-0.05, 0) is 49.7 Å². The Kier molecular flexibility index (Phi) is 9.85. The van der Waals surface area contributed by atoms with Gasteiger partial charge in [0, 0.05) is 99.5 Å². The van der Waals surface area contributed by atoms with Crippen LogP contribution >= 0.6 is 0 Å². The number of rotatable bonds is 3. The Morgan fingerprint density at radius 3 is 1.64 bits per heavy atom. The van der Waals surface area contributed by atoms with Crippen LogP contribution in [0.1, 0.15) is 18.6 Å². The molecule has 0 amide bonds. The van der Waals surface area contributed by atoms with Crippen LogP contribution in [0, 0.1) is 24.0 Å². The van der Waals surface area contributed by atoms with Crippen LogP contribution in [0.4, 0.5) is 22.7 Å². The quantitative estimate of drug-likeness (QED) is 0.396. The number of nitrogen functional groups attached to an aromatic ring is 1. The summed E-state index contributed by atoms with van der Waals surface area (Å²) >= 11 is 0. The second-order valence-corrected chi connectivity index (χ2v) is 11.3. The van der Waals surface area contributed by atoms with Gasteiger partial charge in [0.05, 0.1) is 4.92 Å². The highest BCUT2D eigenvalue weighted by Crippen LogP contribution is 2.25. The third kappa shape index (κ3) is 7.26. The molecule has 0 saturated carbocycles. The first kappa shape index (κ1) is 26.8. The summed E-state index contributed by atoms with van der Waals surface area (Å²) in [6.07, 6.45) is 0. The van der Waals surface area contributed by atoms with E-state index in [1.807, 2.05) is 25.1 Å². The summed E-state index contributed by atoms with van der Waals surface area (Å²) in [6, 6.07) is 11.2. The molecular weight excluding hydrogens is 460 g/mol. The second kappa shape index (κ2) is 12.1. The molecule has 0 bridgehead atoms. The second-order valence-electron chi connectivity index (χ2n) is 7.94. The molecule has 182 valence electrons. The molecule has 2 aliphatic rings. The lowest BCUT2D eigenvalue weighted by Gasteiger charge is -2.28. The maximum absolute atomic E-state index is 11.2. The van der Waals surface area contributed by atoms with Crippen molar-refractivity contribution in [3.05, 3.63) is 57.6 Å². The van der Waals surface area contributed by atoms with E-state index in [9.17, 15) is 18.5 Å². The minimum absolute atomic E-state index is 0. The van der Waals surface area contributed by atoms with Crippen LogP contribution in [0.2, 0.25) is 0 Å². The first-order chi connectivity index (χ1) is 15.2. The summed E-state index contributed by atoms with van der Waals surface area (Å²) in [4.78, 5) is 14.7. The number of anilines is 3. The van der Waals surface area contributed by atoms with Gasteiger partial charge in [-0.15, -0.1) is 0 Å². The van der Waals surface area contributed by atoms with Gasteiger partial charge >= 0.3 is 0 Å². The zero-order valence-corrected chi connectivity index (χ0v) is 20.1. The lowest BCUT2D eigenvalue weighted by atomic mass is 10.1. The molecule has 2 heterocycles. The Morgan fingerprint density at radius 2 is 1.24 bits per heavy atom. The zero-order chi connectivity index (χ0) is 23.3. The molecule has 4 rings (SSSR count). The van der Waals surface area contributed by atoms with Crippen molar-refractivity contribution in [1.29, 1.82) is 0 Å². The molecule has 0 atom stereocenters. The molecule has 2 fully saturated rings. The average Bonchev–Trinajstić information content (AvgIpc) is 2.77. The van der Waals surface area contributed by atoms with Gasteiger partial charge in [0.2, 0.25) is 0 Å². The molecule has 2 aliphatic heterocycles. The summed E-state index contributed by atoms with van der Waals surface area (Å²) in [5.41, 5.74) is 10.7. The van der Waals surface area contributed by atoms with Gasteiger partial charge in [-0.3, -0.25) is 18.5 Å². The van der Waals surface area contributed by atoms with Crippen molar-refractivity contribution >= 4 is 44.3 Å². The van der Waals surface area contributed by atoms with Crippen molar-refractivity contribution in [2.24, 2.45) is 0 Å². The maximum Gasteiger partial charge on any atom is 0.272 e. The Balaban J connectivity index is 0.000000228. The monoisotopic (exact) mass is 494 g/mol. The third-order valence-electron chi connectivity index (χ3n) is 5.72. The summed E-state index contributed by atoms with van der Waals surface area (Å²) in [6.45, 7) is 7.03. The van der Waals surface area contributed by atoms with Crippen molar-refractivity contribution in [3.63, 3.8) is 0 Å². The van der Waals surface area contributed by atoms with Gasteiger partial charge in [0.15, 0.2) is 0 Å². The predicted octanol–water partition coefficient (Wildman–Crippen LogP) is 3.25. The fourth-order valence-corrected chi connectivity index (χ4v) is 5.79. The number of nitrogens with two attached hydrogens (primary N) is 1. The van der Waals surface area contributed by atoms with Crippen LogP contribution in [-0.4, -0.2) is 62.5 Å². The Bertz CT molecular complexity index is 1010. The summed E-state index contributed by atoms with van der Waals surface area (Å²) in [5, 5.41) is 10.7. The number of aryl methyl sites for hydroxylation is 2. The van der Waals surface area contributed by atoms with Gasteiger partial charge in [-0.25, -0.2) is 0 Å². The smallest absolute Gasteiger partial charge is 0.272 e. The highest BCUT2D eigenvalue weighted by molar-refractivity contribution is 7.85. The first-order valence-electron chi connectivity index (χ1n) is 10.6. The van der Waals surface area contributed by atoms with E-state index < -0.39 is 21.6 Å². The largest absolute Gasteiger partial charge is 0.399 e. The lowest BCUT2D eigenvalue weighted by Crippen LogP contribution is -2.37. The van der Waals surface area contributed by atoms with E-state index >= 15 is 0 Å². The van der Waals surface area contributed by atoms with E-state index in [2.05, 4.69) is 15.9 Å². The molecule has 2 aromatic rings. The summed E-state index contributed by atoms with van der Waals surface area (Å²) in [5.74, 6) is 2.92. The van der Waals surface area contributed by atoms with Crippen molar-refractivity contribution in [2.45, 2.75) is 21.3 Å². The van der Waals surface area contributed by atoms with Crippen LogP contribution in [0.3, 0.4) is 0 Å². The van der Waals surface area contributed by atoms with Gasteiger partial charge in [-0.2, -0.15) is 0 Å². The molecule has 0 aliphatic carbocycles. The minimum atomic E-state index is -0.702. The minimum Gasteiger partial charge on any atom is -0.399 e. The van der Waals surface area contributed by atoms with Crippen molar-refractivity contribution in [3.8, 4) is 0 Å². The number of nitro benzene ring substituents is 1. The van der Waals surface area contributed by atoms with Gasteiger partial charge in [-0.1, -0.05) is 7.43 Å². The lowest BCUT2D eigenvalue weighted by molar-refractivity contribution is -0.385. The highest BCUT2D eigenvalue weighted by Gasteiger charge is 2.18. The molecule has 10 heteroatoms. The van der Waals surface area contributed by atoms with Crippen LogP contribution in [0.25, 0.3) is 0 Å². The number of nitro groups is 1. The Hall–Kier alpha value is -2.46.